The van der Waals surface area contributed by atoms with Crippen molar-refractivity contribution in [2.45, 2.75) is 30.9 Å². The second-order valence-corrected chi connectivity index (χ2v) is 7.91. The Morgan fingerprint density at radius 3 is 2.83 bits per heavy atom. The highest BCUT2D eigenvalue weighted by atomic mass is 32.2. The molecule has 1 aliphatic heterocycles. The van der Waals surface area contributed by atoms with E-state index in [0.717, 1.165) is 59.0 Å². The number of hydrogen-bond acceptors (Lipinski definition) is 6. The van der Waals surface area contributed by atoms with E-state index in [1.807, 2.05) is 42.3 Å². The molecule has 1 amide bonds. The molecule has 8 heteroatoms. The topological polar surface area (TPSA) is 78.3 Å². The average molecular weight is 413 g/mol. The molecule has 3 aromatic rings. The van der Waals surface area contributed by atoms with E-state index in [2.05, 4.69) is 10.3 Å². The monoisotopic (exact) mass is 412 g/mol. The lowest BCUT2D eigenvalue weighted by atomic mass is 10.1. The number of carbonyl (C=O) groups excluding carboxylic acids is 1. The quantitative estimate of drug-likeness (QED) is 0.641. The number of fused-ring (bicyclic) bond motifs is 1. The fraction of sp³-hybridized carbons (Fsp3) is 0.381. The van der Waals surface area contributed by atoms with Gasteiger partial charge in [0, 0.05) is 56.1 Å². The molecule has 0 saturated carbocycles. The van der Waals surface area contributed by atoms with Crippen molar-refractivity contribution in [2.75, 3.05) is 24.8 Å². The summed E-state index contributed by atoms with van der Waals surface area (Å²) >= 11 is 1.59. The zero-order valence-corrected chi connectivity index (χ0v) is 17.6. The van der Waals surface area contributed by atoms with Gasteiger partial charge in [-0.15, -0.1) is 11.8 Å². The smallest absolute Gasteiger partial charge is 0.222 e. The average Bonchev–Trinajstić information content (AvgIpc) is 3.04. The van der Waals surface area contributed by atoms with Crippen LogP contribution in [0.25, 0.3) is 22.2 Å². The largest absolute Gasteiger partial charge is 0.490 e. The van der Waals surface area contributed by atoms with Crippen LogP contribution in [-0.4, -0.2) is 46.0 Å². The minimum atomic E-state index is -0.149. The second-order valence-electron chi connectivity index (χ2n) is 7.08. The number of amides is 1. The summed E-state index contributed by atoms with van der Waals surface area (Å²) in [4.78, 5) is 20.6. The molecule has 1 saturated heterocycles. The Morgan fingerprint density at radius 1 is 1.31 bits per heavy atom. The van der Waals surface area contributed by atoms with Crippen LogP contribution in [0.15, 0.2) is 35.6 Å². The fourth-order valence-electron chi connectivity index (χ4n) is 3.51. The molecule has 0 spiro atoms. The highest BCUT2D eigenvalue weighted by molar-refractivity contribution is 7.98. The highest BCUT2D eigenvalue weighted by Gasteiger charge is 2.18. The molecule has 4 heterocycles. The molecular formula is C21H24N4O3S. The SMILES string of the molecule is CSc1cc(OC2CCOCC2)cc(-c2cn(C)c3cnc(NC(C)=O)cc23)n1. The molecule has 1 N–H and O–H groups in total. The lowest BCUT2D eigenvalue weighted by Gasteiger charge is -2.23. The summed E-state index contributed by atoms with van der Waals surface area (Å²) in [5.74, 6) is 1.19. The van der Waals surface area contributed by atoms with Gasteiger partial charge in [0.1, 0.15) is 22.7 Å². The second kappa shape index (κ2) is 8.42. The van der Waals surface area contributed by atoms with Crippen molar-refractivity contribution >= 4 is 34.4 Å². The maximum Gasteiger partial charge on any atom is 0.222 e. The summed E-state index contributed by atoms with van der Waals surface area (Å²) in [6.07, 6.45) is 7.76. The van der Waals surface area contributed by atoms with E-state index in [1.165, 1.54) is 6.92 Å². The maximum absolute atomic E-state index is 11.4. The van der Waals surface area contributed by atoms with Crippen molar-refractivity contribution in [2.24, 2.45) is 7.05 Å². The van der Waals surface area contributed by atoms with Crippen molar-refractivity contribution in [1.82, 2.24) is 14.5 Å². The summed E-state index contributed by atoms with van der Waals surface area (Å²) in [6, 6.07) is 5.86. The number of thioether (sulfide) groups is 1. The molecule has 0 bridgehead atoms. The number of hydrogen-bond donors (Lipinski definition) is 1. The van der Waals surface area contributed by atoms with Gasteiger partial charge in [0.05, 0.1) is 30.6 Å². The van der Waals surface area contributed by atoms with E-state index in [1.54, 1.807) is 18.0 Å². The molecule has 0 atom stereocenters. The highest BCUT2D eigenvalue weighted by Crippen LogP contribution is 2.34. The van der Waals surface area contributed by atoms with E-state index in [9.17, 15) is 4.79 Å². The molecule has 0 aliphatic carbocycles. The number of anilines is 1. The van der Waals surface area contributed by atoms with Crippen molar-refractivity contribution in [3.63, 3.8) is 0 Å². The molecule has 0 aromatic carbocycles. The molecule has 3 aromatic heterocycles. The van der Waals surface area contributed by atoms with Crippen LogP contribution < -0.4 is 10.1 Å². The number of nitrogens with zero attached hydrogens (tertiary/aromatic N) is 3. The van der Waals surface area contributed by atoms with Crippen LogP contribution in [0.4, 0.5) is 5.82 Å². The van der Waals surface area contributed by atoms with E-state index >= 15 is 0 Å². The van der Waals surface area contributed by atoms with Gasteiger partial charge in [0.25, 0.3) is 0 Å². The van der Waals surface area contributed by atoms with Crippen LogP contribution in [0.5, 0.6) is 5.75 Å². The van der Waals surface area contributed by atoms with E-state index in [4.69, 9.17) is 14.5 Å². The molecule has 29 heavy (non-hydrogen) atoms. The number of aromatic nitrogens is 3. The van der Waals surface area contributed by atoms with Gasteiger partial charge in [0.2, 0.25) is 5.91 Å². The predicted molar refractivity (Wildman–Crippen MR) is 114 cm³/mol. The third kappa shape index (κ3) is 4.38. The van der Waals surface area contributed by atoms with Crippen molar-refractivity contribution in [3.8, 4) is 17.0 Å². The first-order valence-electron chi connectivity index (χ1n) is 9.57. The fourth-order valence-corrected chi connectivity index (χ4v) is 3.93. The molecular weight excluding hydrogens is 388 g/mol. The zero-order chi connectivity index (χ0) is 20.4. The Morgan fingerprint density at radius 2 is 2.10 bits per heavy atom. The Bertz CT molecular complexity index is 1040. The normalized spacial score (nSPS) is 14.9. The third-order valence-corrected chi connectivity index (χ3v) is 5.54. The third-order valence-electron chi connectivity index (χ3n) is 4.91. The summed E-state index contributed by atoms with van der Waals surface area (Å²) in [6.45, 7) is 2.95. The minimum absolute atomic E-state index is 0.149. The molecule has 1 aliphatic rings. The number of aryl methyl sites for hydroxylation is 1. The zero-order valence-electron chi connectivity index (χ0n) is 16.8. The van der Waals surface area contributed by atoms with Crippen molar-refractivity contribution in [3.05, 3.63) is 30.6 Å². The van der Waals surface area contributed by atoms with Crippen LogP contribution in [0.2, 0.25) is 0 Å². The predicted octanol–water partition coefficient (Wildman–Crippen LogP) is 3.87. The van der Waals surface area contributed by atoms with Crippen molar-refractivity contribution < 1.29 is 14.3 Å². The van der Waals surface area contributed by atoms with Gasteiger partial charge in [-0.25, -0.2) is 9.97 Å². The minimum Gasteiger partial charge on any atom is -0.490 e. The number of carbonyl (C=O) groups is 1. The summed E-state index contributed by atoms with van der Waals surface area (Å²) in [7, 11) is 1.98. The Hall–Kier alpha value is -2.58. The van der Waals surface area contributed by atoms with Crippen LogP contribution in [0.3, 0.4) is 0 Å². The number of nitrogens with one attached hydrogen (secondary N) is 1. The molecule has 4 rings (SSSR count). The first-order chi connectivity index (χ1) is 14.0. The van der Waals surface area contributed by atoms with Crippen LogP contribution in [-0.2, 0) is 16.6 Å². The van der Waals surface area contributed by atoms with Gasteiger partial charge in [0.15, 0.2) is 0 Å². The number of rotatable bonds is 5. The lowest BCUT2D eigenvalue weighted by molar-refractivity contribution is -0.114. The summed E-state index contributed by atoms with van der Waals surface area (Å²) in [5, 5.41) is 4.63. The number of ether oxygens (including phenoxy) is 2. The van der Waals surface area contributed by atoms with E-state index in [-0.39, 0.29) is 12.0 Å². The lowest BCUT2D eigenvalue weighted by Crippen LogP contribution is -2.25. The first kappa shape index (κ1) is 19.7. The van der Waals surface area contributed by atoms with Gasteiger partial charge >= 0.3 is 0 Å². The molecule has 0 unspecified atom stereocenters. The Labute approximate surface area is 173 Å². The van der Waals surface area contributed by atoms with E-state index in [0.29, 0.717) is 5.82 Å². The molecule has 7 nitrogen and oxygen atoms in total. The van der Waals surface area contributed by atoms with E-state index < -0.39 is 0 Å². The first-order valence-corrected chi connectivity index (χ1v) is 10.8. The summed E-state index contributed by atoms with van der Waals surface area (Å²) in [5.41, 5.74) is 2.78. The molecule has 152 valence electrons. The van der Waals surface area contributed by atoms with Crippen LogP contribution in [0.1, 0.15) is 19.8 Å². The van der Waals surface area contributed by atoms with Gasteiger partial charge in [-0.1, -0.05) is 0 Å². The van der Waals surface area contributed by atoms with Gasteiger partial charge in [-0.3, -0.25) is 4.79 Å². The molecule has 1 fully saturated rings. The van der Waals surface area contributed by atoms with Crippen LogP contribution >= 0.6 is 11.8 Å². The van der Waals surface area contributed by atoms with Gasteiger partial charge in [-0.05, 0) is 12.3 Å². The molecule has 0 radical (unpaired) electrons. The van der Waals surface area contributed by atoms with Gasteiger partial charge in [-0.2, -0.15) is 0 Å². The number of pyridine rings is 2. The van der Waals surface area contributed by atoms with Crippen molar-refractivity contribution in [1.29, 1.82) is 0 Å². The standard InChI is InChI=1S/C21H24N4O3S/c1-13(26)23-20-10-16-17(12-25(2)19(16)11-22-20)18-8-15(9-21(24-18)29-3)28-14-4-6-27-7-5-14/h8-12,14H,4-7H2,1-3H3,(H,22,23,26). The Kier molecular flexibility index (Phi) is 5.73. The van der Waals surface area contributed by atoms with Gasteiger partial charge < -0.3 is 19.4 Å². The summed E-state index contributed by atoms with van der Waals surface area (Å²) < 4.78 is 13.7. The Balaban J connectivity index is 1.75. The van der Waals surface area contributed by atoms with Crippen LogP contribution in [0, 0.1) is 0 Å². The maximum atomic E-state index is 11.4.